The number of carbonyl (C=O) groups is 1. The van der Waals surface area contributed by atoms with Crippen molar-refractivity contribution >= 4 is 5.91 Å². The van der Waals surface area contributed by atoms with Gasteiger partial charge in [0.2, 0.25) is 5.91 Å². The SMILES string of the molecule is Cc1ccc([C@@H](C(=O)NCc2ccc3c(c2)OCCCO3)N(C)C)cc1. The highest BCUT2D eigenvalue weighted by Gasteiger charge is 2.22. The van der Waals surface area contributed by atoms with Crippen LogP contribution in [-0.4, -0.2) is 38.1 Å². The second-order valence-corrected chi connectivity index (χ2v) is 6.83. The van der Waals surface area contributed by atoms with Crippen LogP contribution < -0.4 is 14.8 Å². The largest absolute Gasteiger partial charge is 0.490 e. The minimum absolute atomic E-state index is 0.0223. The Morgan fingerprint density at radius 1 is 1.08 bits per heavy atom. The summed E-state index contributed by atoms with van der Waals surface area (Å²) in [5, 5.41) is 3.04. The number of hydrogen-bond acceptors (Lipinski definition) is 4. The van der Waals surface area contributed by atoms with Gasteiger partial charge in [-0.05, 0) is 44.3 Å². The van der Waals surface area contributed by atoms with Crippen LogP contribution in [0.15, 0.2) is 42.5 Å². The summed E-state index contributed by atoms with van der Waals surface area (Å²) in [4.78, 5) is 14.7. The number of nitrogens with one attached hydrogen (secondary N) is 1. The fraction of sp³-hybridized carbons (Fsp3) is 0.381. The zero-order valence-corrected chi connectivity index (χ0v) is 15.6. The van der Waals surface area contributed by atoms with Crippen LogP contribution >= 0.6 is 0 Å². The normalized spacial score (nSPS) is 14.6. The maximum absolute atomic E-state index is 12.8. The van der Waals surface area contributed by atoms with E-state index in [0.29, 0.717) is 19.8 Å². The summed E-state index contributed by atoms with van der Waals surface area (Å²) in [6.07, 6.45) is 0.877. The minimum atomic E-state index is -0.323. The molecule has 0 unspecified atom stereocenters. The molecule has 0 bridgehead atoms. The van der Waals surface area contributed by atoms with Crippen LogP contribution in [0.2, 0.25) is 0 Å². The molecule has 26 heavy (non-hydrogen) atoms. The molecule has 0 saturated heterocycles. The second kappa shape index (κ2) is 8.23. The first-order chi connectivity index (χ1) is 12.5. The van der Waals surface area contributed by atoms with Gasteiger partial charge in [0.25, 0.3) is 0 Å². The lowest BCUT2D eigenvalue weighted by atomic mass is 10.0. The van der Waals surface area contributed by atoms with Gasteiger partial charge in [-0.2, -0.15) is 0 Å². The summed E-state index contributed by atoms with van der Waals surface area (Å²) in [5.74, 6) is 1.49. The van der Waals surface area contributed by atoms with Crippen molar-refractivity contribution in [1.29, 1.82) is 0 Å². The highest BCUT2D eigenvalue weighted by atomic mass is 16.5. The van der Waals surface area contributed by atoms with E-state index < -0.39 is 0 Å². The summed E-state index contributed by atoms with van der Waals surface area (Å²) in [7, 11) is 3.83. The van der Waals surface area contributed by atoms with Gasteiger partial charge in [0.1, 0.15) is 6.04 Å². The number of fused-ring (bicyclic) bond motifs is 1. The first kappa shape index (κ1) is 18.3. The van der Waals surface area contributed by atoms with Gasteiger partial charge in [0.15, 0.2) is 11.5 Å². The maximum atomic E-state index is 12.8. The standard InChI is InChI=1S/C21H26N2O3/c1-15-5-8-17(9-6-15)20(23(2)3)21(24)22-14-16-7-10-18-19(13-16)26-12-4-11-25-18/h5-10,13,20H,4,11-12,14H2,1-3H3,(H,22,24)/t20-/m0/s1. The van der Waals surface area contributed by atoms with Gasteiger partial charge in [-0.1, -0.05) is 35.9 Å². The van der Waals surface area contributed by atoms with Crippen molar-refractivity contribution in [2.24, 2.45) is 0 Å². The minimum Gasteiger partial charge on any atom is -0.490 e. The van der Waals surface area contributed by atoms with Crippen LogP contribution in [0.5, 0.6) is 11.5 Å². The maximum Gasteiger partial charge on any atom is 0.242 e. The number of carbonyl (C=O) groups excluding carboxylic acids is 1. The van der Waals surface area contributed by atoms with Gasteiger partial charge in [-0.3, -0.25) is 9.69 Å². The first-order valence-electron chi connectivity index (χ1n) is 8.94. The average molecular weight is 354 g/mol. The molecular formula is C21H26N2O3. The molecule has 5 heteroatoms. The summed E-state index contributed by atoms with van der Waals surface area (Å²) in [6, 6.07) is 13.6. The fourth-order valence-corrected chi connectivity index (χ4v) is 3.04. The Hall–Kier alpha value is -2.53. The van der Waals surface area contributed by atoms with Crippen LogP contribution in [0.25, 0.3) is 0 Å². The lowest BCUT2D eigenvalue weighted by Crippen LogP contribution is -2.36. The van der Waals surface area contributed by atoms with E-state index in [9.17, 15) is 4.79 Å². The van der Waals surface area contributed by atoms with E-state index >= 15 is 0 Å². The van der Waals surface area contributed by atoms with Gasteiger partial charge in [-0.15, -0.1) is 0 Å². The number of amides is 1. The van der Waals surface area contributed by atoms with Crippen molar-refractivity contribution in [3.05, 3.63) is 59.2 Å². The fourth-order valence-electron chi connectivity index (χ4n) is 3.04. The molecule has 1 N–H and O–H groups in total. The molecule has 2 aromatic rings. The van der Waals surface area contributed by atoms with Gasteiger partial charge < -0.3 is 14.8 Å². The molecule has 0 radical (unpaired) electrons. The summed E-state index contributed by atoms with van der Waals surface area (Å²) in [5.41, 5.74) is 3.15. The molecule has 1 heterocycles. The molecular weight excluding hydrogens is 328 g/mol. The molecule has 1 aliphatic rings. The van der Waals surface area contributed by atoms with Crippen molar-refractivity contribution in [3.63, 3.8) is 0 Å². The van der Waals surface area contributed by atoms with Crippen LogP contribution in [0.3, 0.4) is 0 Å². The second-order valence-electron chi connectivity index (χ2n) is 6.83. The van der Waals surface area contributed by atoms with E-state index in [1.807, 2.05) is 68.4 Å². The molecule has 1 aliphatic heterocycles. The number of ether oxygens (including phenoxy) is 2. The molecule has 5 nitrogen and oxygen atoms in total. The third-order valence-electron chi connectivity index (χ3n) is 4.44. The third-order valence-corrected chi connectivity index (χ3v) is 4.44. The average Bonchev–Trinajstić information content (AvgIpc) is 2.86. The quantitative estimate of drug-likeness (QED) is 0.897. The predicted molar refractivity (Wildman–Crippen MR) is 102 cm³/mol. The van der Waals surface area contributed by atoms with Gasteiger partial charge in [-0.25, -0.2) is 0 Å². The van der Waals surface area contributed by atoms with E-state index in [1.165, 1.54) is 5.56 Å². The summed E-state index contributed by atoms with van der Waals surface area (Å²) >= 11 is 0. The van der Waals surface area contributed by atoms with E-state index in [4.69, 9.17) is 9.47 Å². The zero-order chi connectivity index (χ0) is 18.5. The number of nitrogens with zero attached hydrogens (tertiary/aromatic N) is 1. The molecule has 0 aliphatic carbocycles. The van der Waals surface area contributed by atoms with Crippen molar-refractivity contribution in [2.75, 3.05) is 27.3 Å². The lowest BCUT2D eigenvalue weighted by molar-refractivity contribution is -0.125. The lowest BCUT2D eigenvalue weighted by Gasteiger charge is -2.24. The van der Waals surface area contributed by atoms with Crippen molar-refractivity contribution in [3.8, 4) is 11.5 Å². The van der Waals surface area contributed by atoms with Crippen molar-refractivity contribution in [1.82, 2.24) is 10.2 Å². The van der Waals surface area contributed by atoms with E-state index in [2.05, 4.69) is 5.32 Å². The van der Waals surface area contributed by atoms with Crippen molar-refractivity contribution in [2.45, 2.75) is 25.9 Å². The molecule has 0 aromatic heterocycles. The Labute approximate surface area is 154 Å². The molecule has 3 rings (SSSR count). The van der Waals surface area contributed by atoms with Crippen LogP contribution in [0, 0.1) is 6.92 Å². The number of hydrogen-bond donors (Lipinski definition) is 1. The number of benzene rings is 2. The van der Waals surface area contributed by atoms with Gasteiger partial charge >= 0.3 is 0 Å². The molecule has 2 aromatic carbocycles. The summed E-state index contributed by atoms with van der Waals surface area (Å²) < 4.78 is 11.4. The van der Waals surface area contributed by atoms with Crippen molar-refractivity contribution < 1.29 is 14.3 Å². The van der Waals surface area contributed by atoms with Crippen LogP contribution in [0.1, 0.15) is 29.2 Å². The molecule has 0 saturated carbocycles. The molecule has 1 atom stereocenters. The predicted octanol–water partition coefficient (Wildman–Crippen LogP) is 3.08. The van der Waals surface area contributed by atoms with Gasteiger partial charge in [0, 0.05) is 13.0 Å². The van der Waals surface area contributed by atoms with E-state index in [1.54, 1.807) is 0 Å². The Morgan fingerprint density at radius 2 is 1.77 bits per heavy atom. The Kier molecular flexibility index (Phi) is 5.78. The molecule has 138 valence electrons. The Morgan fingerprint density at radius 3 is 2.46 bits per heavy atom. The summed E-state index contributed by atoms with van der Waals surface area (Å²) in [6.45, 7) is 3.81. The highest BCUT2D eigenvalue weighted by Crippen LogP contribution is 2.30. The monoisotopic (exact) mass is 354 g/mol. The number of aryl methyl sites for hydroxylation is 1. The zero-order valence-electron chi connectivity index (χ0n) is 15.6. The van der Waals surface area contributed by atoms with Gasteiger partial charge in [0.05, 0.1) is 13.2 Å². The molecule has 0 fully saturated rings. The third kappa shape index (κ3) is 4.35. The Bertz CT molecular complexity index is 756. The highest BCUT2D eigenvalue weighted by molar-refractivity contribution is 5.83. The molecule has 1 amide bonds. The smallest absolute Gasteiger partial charge is 0.242 e. The van der Waals surface area contributed by atoms with Crippen LogP contribution in [0.4, 0.5) is 0 Å². The van der Waals surface area contributed by atoms with E-state index in [-0.39, 0.29) is 11.9 Å². The number of rotatable bonds is 5. The topological polar surface area (TPSA) is 50.8 Å². The Balaban J connectivity index is 1.68. The van der Waals surface area contributed by atoms with Crippen LogP contribution in [-0.2, 0) is 11.3 Å². The molecule has 0 spiro atoms. The van der Waals surface area contributed by atoms with E-state index in [0.717, 1.165) is 29.0 Å². The first-order valence-corrected chi connectivity index (χ1v) is 8.94. The number of likely N-dealkylation sites (N-methyl/N-ethyl adjacent to an activating group) is 1.